The van der Waals surface area contributed by atoms with Gasteiger partial charge in [0, 0.05) is 25.9 Å². The maximum Gasteiger partial charge on any atom is 0.0919 e. The van der Waals surface area contributed by atoms with Crippen LogP contribution in [0.25, 0.3) is 0 Å². The molecule has 7 heteroatoms. The van der Waals surface area contributed by atoms with Gasteiger partial charge in [0.1, 0.15) is 0 Å². The van der Waals surface area contributed by atoms with E-state index in [9.17, 15) is 0 Å². The average Bonchev–Trinajstić information content (AvgIpc) is 2.80. The predicted octanol–water partition coefficient (Wildman–Crippen LogP) is 0.469. The molecule has 86 valence electrons. The quantitative estimate of drug-likeness (QED) is 0.635. The lowest BCUT2D eigenvalue weighted by Crippen LogP contribution is -2.30. The normalized spacial score (nSPS) is 13.0. The molecular weight excluding hydrogens is 272 g/mol. The molecule has 2 rings (SSSR count). The summed E-state index contributed by atoms with van der Waals surface area (Å²) in [6, 6.07) is -0.129. The highest BCUT2D eigenvalue weighted by Crippen LogP contribution is 2.26. The first-order valence-electron chi connectivity index (χ1n) is 4.75. The Morgan fingerprint density at radius 3 is 2.56 bits per heavy atom. The van der Waals surface area contributed by atoms with Crippen LogP contribution in [-0.4, -0.2) is 19.6 Å². The molecular formula is C9H13BrN6. The van der Waals surface area contributed by atoms with Crippen molar-refractivity contribution in [3.05, 3.63) is 34.3 Å². The SMILES string of the molecule is Cn1cc(C(NN)c2c(Br)cnn2C)cn1. The first-order valence-corrected chi connectivity index (χ1v) is 5.55. The van der Waals surface area contributed by atoms with Crippen LogP contribution in [0.3, 0.4) is 0 Å². The number of nitrogens with two attached hydrogens (primary N) is 1. The predicted molar refractivity (Wildman–Crippen MR) is 63.3 cm³/mol. The van der Waals surface area contributed by atoms with Gasteiger partial charge in [-0.25, -0.2) is 5.43 Å². The first kappa shape index (κ1) is 11.3. The van der Waals surface area contributed by atoms with Crippen LogP contribution in [0.1, 0.15) is 17.3 Å². The van der Waals surface area contributed by atoms with Gasteiger partial charge in [-0.05, 0) is 15.9 Å². The number of hydrogen-bond donors (Lipinski definition) is 2. The summed E-state index contributed by atoms with van der Waals surface area (Å²) in [4.78, 5) is 0. The summed E-state index contributed by atoms with van der Waals surface area (Å²) in [5, 5.41) is 8.30. The van der Waals surface area contributed by atoms with E-state index in [0.717, 1.165) is 15.7 Å². The molecule has 16 heavy (non-hydrogen) atoms. The molecule has 0 aromatic carbocycles. The van der Waals surface area contributed by atoms with Gasteiger partial charge in [-0.3, -0.25) is 15.2 Å². The molecule has 0 aliphatic rings. The van der Waals surface area contributed by atoms with Crippen LogP contribution in [0.4, 0.5) is 0 Å². The summed E-state index contributed by atoms with van der Waals surface area (Å²) in [5.41, 5.74) is 4.73. The van der Waals surface area contributed by atoms with E-state index in [4.69, 9.17) is 5.84 Å². The van der Waals surface area contributed by atoms with E-state index in [1.54, 1.807) is 21.8 Å². The van der Waals surface area contributed by atoms with E-state index >= 15 is 0 Å². The van der Waals surface area contributed by atoms with Crippen molar-refractivity contribution in [1.29, 1.82) is 0 Å². The molecule has 0 spiro atoms. The minimum atomic E-state index is -0.129. The Morgan fingerprint density at radius 2 is 2.12 bits per heavy atom. The van der Waals surface area contributed by atoms with E-state index in [2.05, 4.69) is 31.6 Å². The smallest absolute Gasteiger partial charge is 0.0919 e. The molecule has 2 aromatic heterocycles. The number of aryl methyl sites for hydroxylation is 2. The molecule has 2 heterocycles. The Kier molecular flexibility index (Phi) is 3.08. The number of nitrogens with zero attached hydrogens (tertiary/aromatic N) is 4. The Labute approximate surface area is 102 Å². The van der Waals surface area contributed by atoms with Gasteiger partial charge in [-0.1, -0.05) is 0 Å². The monoisotopic (exact) mass is 284 g/mol. The van der Waals surface area contributed by atoms with Gasteiger partial charge in [-0.15, -0.1) is 0 Å². The second-order valence-electron chi connectivity index (χ2n) is 3.55. The second kappa shape index (κ2) is 4.36. The lowest BCUT2D eigenvalue weighted by Gasteiger charge is -2.15. The first-order chi connectivity index (χ1) is 7.63. The van der Waals surface area contributed by atoms with Crippen LogP contribution in [0.5, 0.6) is 0 Å². The molecule has 0 aliphatic heterocycles. The fourth-order valence-electron chi connectivity index (χ4n) is 1.67. The van der Waals surface area contributed by atoms with Gasteiger partial charge in [0.25, 0.3) is 0 Å². The van der Waals surface area contributed by atoms with Gasteiger partial charge < -0.3 is 0 Å². The highest BCUT2D eigenvalue weighted by atomic mass is 79.9. The maximum atomic E-state index is 5.59. The van der Waals surface area contributed by atoms with Gasteiger partial charge in [0.15, 0.2) is 0 Å². The molecule has 1 atom stereocenters. The van der Waals surface area contributed by atoms with E-state index in [0.29, 0.717) is 0 Å². The minimum Gasteiger partial charge on any atom is -0.275 e. The summed E-state index contributed by atoms with van der Waals surface area (Å²) in [6.45, 7) is 0. The van der Waals surface area contributed by atoms with E-state index in [-0.39, 0.29) is 6.04 Å². The summed E-state index contributed by atoms with van der Waals surface area (Å²) in [5.74, 6) is 5.59. The Morgan fingerprint density at radius 1 is 1.38 bits per heavy atom. The zero-order chi connectivity index (χ0) is 11.7. The highest BCUT2D eigenvalue weighted by Gasteiger charge is 2.20. The summed E-state index contributed by atoms with van der Waals surface area (Å²) in [7, 11) is 3.75. The summed E-state index contributed by atoms with van der Waals surface area (Å²) < 4.78 is 4.44. The summed E-state index contributed by atoms with van der Waals surface area (Å²) >= 11 is 3.46. The third-order valence-corrected chi connectivity index (χ3v) is 3.05. The fraction of sp³-hybridized carbons (Fsp3) is 0.333. The van der Waals surface area contributed by atoms with Crippen LogP contribution >= 0.6 is 15.9 Å². The van der Waals surface area contributed by atoms with E-state index in [1.807, 2.05) is 20.3 Å². The summed E-state index contributed by atoms with van der Waals surface area (Å²) in [6.07, 6.45) is 5.45. The van der Waals surface area contributed by atoms with Crippen LogP contribution in [0.2, 0.25) is 0 Å². The number of rotatable bonds is 3. The molecule has 0 saturated heterocycles. The van der Waals surface area contributed by atoms with Crippen molar-refractivity contribution in [2.24, 2.45) is 19.9 Å². The molecule has 2 aromatic rings. The molecule has 3 N–H and O–H groups in total. The van der Waals surface area contributed by atoms with Crippen LogP contribution < -0.4 is 11.3 Å². The Hall–Kier alpha value is -1.18. The lowest BCUT2D eigenvalue weighted by atomic mass is 10.1. The number of nitrogens with one attached hydrogen (secondary N) is 1. The molecule has 0 amide bonds. The molecule has 0 bridgehead atoms. The Balaban J connectivity index is 2.44. The van der Waals surface area contributed by atoms with Gasteiger partial charge in [-0.2, -0.15) is 10.2 Å². The maximum absolute atomic E-state index is 5.59. The van der Waals surface area contributed by atoms with Crippen molar-refractivity contribution in [3.8, 4) is 0 Å². The number of aromatic nitrogens is 4. The van der Waals surface area contributed by atoms with E-state index in [1.165, 1.54) is 0 Å². The van der Waals surface area contributed by atoms with Crippen LogP contribution in [0, 0.1) is 0 Å². The fourth-order valence-corrected chi connectivity index (χ4v) is 2.24. The van der Waals surface area contributed by atoms with Crippen LogP contribution in [0.15, 0.2) is 23.1 Å². The van der Waals surface area contributed by atoms with Gasteiger partial charge in [0.05, 0.1) is 28.6 Å². The zero-order valence-corrected chi connectivity index (χ0v) is 10.6. The number of hydrogen-bond acceptors (Lipinski definition) is 4. The topological polar surface area (TPSA) is 73.7 Å². The van der Waals surface area contributed by atoms with Crippen LogP contribution in [-0.2, 0) is 14.1 Å². The molecule has 6 nitrogen and oxygen atoms in total. The van der Waals surface area contributed by atoms with Crippen molar-refractivity contribution < 1.29 is 0 Å². The molecule has 0 radical (unpaired) electrons. The largest absolute Gasteiger partial charge is 0.275 e. The number of halogens is 1. The van der Waals surface area contributed by atoms with Gasteiger partial charge in [0.2, 0.25) is 0 Å². The van der Waals surface area contributed by atoms with Crippen molar-refractivity contribution in [2.45, 2.75) is 6.04 Å². The Bertz CT molecular complexity index is 468. The number of hydrazine groups is 1. The van der Waals surface area contributed by atoms with Crippen molar-refractivity contribution in [2.75, 3.05) is 0 Å². The van der Waals surface area contributed by atoms with Crippen molar-refractivity contribution in [3.63, 3.8) is 0 Å². The molecule has 0 aliphatic carbocycles. The lowest BCUT2D eigenvalue weighted by molar-refractivity contribution is 0.572. The molecule has 1 unspecified atom stereocenters. The average molecular weight is 285 g/mol. The third-order valence-electron chi connectivity index (χ3n) is 2.44. The highest BCUT2D eigenvalue weighted by molar-refractivity contribution is 9.10. The molecule has 0 fully saturated rings. The third kappa shape index (κ3) is 1.89. The zero-order valence-electron chi connectivity index (χ0n) is 9.05. The minimum absolute atomic E-state index is 0.129. The van der Waals surface area contributed by atoms with Crippen molar-refractivity contribution >= 4 is 15.9 Å². The van der Waals surface area contributed by atoms with Crippen molar-refractivity contribution in [1.82, 2.24) is 25.0 Å². The second-order valence-corrected chi connectivity index (χ2v) is 4.40. The van der Waals surface area contributed by atoms with E-state index < -0.39 is 0 Å². The molecule has 0 saturated carbocycles. The van der Waals surface area contributed by atoms with Gasteiger partial charge >= 0.3 is 0 Å². The standard InChI is InChI=1S/C9H13BrN6/c1-15-5-6(3-12-15)8(14-11)9-7(10)4-13-16(9)2/h3-5,8,14H,11H2,1-2H3.